The van der Waals surface area contributed by atoms with Crippen molar-refractivity contribution in [2.24, 2.45) is 5.10 Å². The van der Waals surface area contributed by atoms with E-state index in [1.165, 1.54) is 6.21 Å². The lowest BCUT2D eigenvalue weighted by atomic mass is 10.1. The van der Waals surface area contributed by atoms with Gasteiger partial charge in [0, 0.05) is 6.42 Å². The number of aryl methyl sites for hydroxylation is 1. The summed E-state index contributed by atoms with van der Waals surface area (Å²) in [6, 6.07) is 13.4. The number of hydrogen-bond donors (Lipinski definition) is 1. The van der Waals surface area contributed by atoms with Gasteiger partial charge < -0.3 is 4.42 Å². The van der Waals surface area contributed by atoms with Crippen molar-refractivity contribution in [1.29, 1.82) is 0 Å². The minimum atomic E-state index is -0.120. The van der Waals surface area contributed by atoms with E-state index in [1.54, 1.807) is 12.1 Å². The Morgan fingerprint density at radius 3 is 2.74 bits per heavy atom. The van der Waals surface area contributed by atoms with E-state index in [4.69, 9.17) is 4.42 Å². The second-order valence-electron chi connectivity index (χ2n) is 3.92. The Balaban J connectivity index is 1.74. The smallest absolute Gasteiger partial charge is 0.240 e. The number of nitrogens with one attached hydrogen (secondary N) is 1. The molecule has 1 aromatic heterocycles. The summed E-state index contributed by atoms with van der Waals surface area (Å²) in [6.07, 6.45) is 2.57. The predicted octanol–water partition coefficient (Wildman–Crippen LogP) is 3.13. The number of nitrogens with zero attached hydrogens (tertiary/aromatic N) is 1. The molecule has 0 saturated carbocycles. The summed E-state index contributed by atoms with van der Waals surface area (Å²) in [4.78, 5) is 11.5. The first-order valence-corrected chi connectivity index (χ1v) is 6.64. The lowest BCUT2D eigenvalue weighted by Crippen LogP contribution is -2.17. The van der Waals surface area contributed by atoms with Gasteiger partial charge in [-0.25, -0.2) is 5.43 Å². The van der Waals surface area contributed by atoms with Crippen LogP contribution in [0.2, 0.25) is 0 Å². The Bertz CT molecular complexity index is 564. The third kappa shape index (κ3) is 4.71. The largest absolute Gasteiger partial charge is 0.448 e. The number of hydrogen-bond acceptors (Lipinski definition) is 3. The van der Waals surface area contributed by atoms with E-state index in [2.05, 4.69) is 26.5 Å². The summed E-state index contributed by atoms with van der Waals surface area (Å²) in [7, 11) is 0. The molecule has 1 aromatic carbocycles. The minimum Gasteiger partial charge on any atom is -0.448 e. The third-order valence-electron chi connectivity index (χ3n) is 2.46. The molecule has 0 unspecified atom stereocenters. The summed E-state index contributed by atoms with van der Waals surface area (Å²) >= 11 is 3.19. The molecule has 0 saturated heterocycles. The van der Waals surface area contributed by atoms with Gasteiger partial charge in [0.05, 0.1) is 6.21 Å². The van der Waals surface area contributed by atoms with Crippen molar-refractivity contribution in [3.8, 4) is 0 Å². The van der Waals surface area contributed by atoms with E-state index in [1.807, 2.05) is 30.3 Å². The van der Waals surface area contributed by atoms with Crippen LogP contribution in [0.15, 0.2) is 56.7 Å². The molecule has 1 heterocycles. The van der Waals surface area contributed by atoms with Crippen LogP contribution in [0.5, 0.6) is 0 Å². The van der Waals surface area contributed by atoms with Crippen LogP contribution in [0.25, 0.3) is 0 Å². The molecule has 4 nitrogen and oxygen atoms in total. The van der Waals surface area contributed by atoms with Gasteiger partial charge in [-0.05, 0) is 40.0 Å². The van der Waals surface area contributed by atoms with Gasteiger partial charge in [0.1, 0.15) is 5.76 Å². The van der Waals surface area contributed by atoms with Crippen molar-refractivity contribution in [3.63, 3.8) is 0 Å². The van der Waals surface area contributed by atoms with Crippen LogP contribution >= 0.6 is 15.9 Å². The quantitative estimate of drug-likeness (QED) is 0.679. The monoisotopic (exact) mass is 320 g/mol. The number of furan rings is 1. The van der Waals surface area contributed by atoms with Gasteiger partial charge in [-0.15, -0.1) is 0 Å². The average molecular weight is 321 g/mol. The minimum absolute atomic E-state index is 0.120. The van der Waals surface area contributed by atoms with Gasteiger partial charge in [-0.3, -0.25) is 4.79 Å². The maximum absolute atomic E-state index is 11.5. The summed E-state index contributed by atoms with van der Waals surface area (Å²) in [5.74, 6) is 0.459. The number of rotatable bonds is 5. The lowest BCUT2D eigenvalue weighted by Gasteiger charge is -2.00. The number of amides is 1. The molecule has 0 aliphatic carbocycles. The first-order chi connectivity index (χ1) is 9.24. The van der Waals surface area contributed by atoms with Crippen molar-refractivity contribution < 1.29 is 9.21 Å². The zero-order valence-corrected chi connectivity index (χ0v) is 11.8. The molecule has 2 rings (SSSR count). The van der Waals surface area contributed by atoms with Crippen molar-refractivity contribution in [1.82, 2.24) is 5.43 Å². The van der Waals surface area contributed by atoms with Crippen LogP contribution in [0, 0.1) is 0 Å². The summed E-state index contributed by atoms with van der Waals surface area (Å²) in [5, 5.41) is 3.83. The SMILES string of the molecule is O=C(CCc1ccccc1)NN=Cc1ccc(Br)o1. The molecule has 0 aliphatic rings. The van der Waals surface area contributed by atoms with Gasteiger partial charge in [-0.2, -0.15) is 5.10 Å². The van der Waals surface area contributed by atoms with Crippen LogP contribution < -0.4 is 5.43 Å². The van der Waals surface area contributed by atoms with E-state index in [9.17, 15) is 4.79 Å². The van der Waals surface area contributed by atoms with E-state index in [0.717, 1.165) is 5.56 Å². The third-order valence-corrected chi connectivity index (χ3v) is 2.88. The summed E-state index contributed by atoms with van der Waals surface area (Å²) in [6.45, 7) is 0. The highest BCUT2D eigenvalue weighted by atomic mass is 79.9. The first kappa shape index (κ1) is 13.5. The number of benzene rings is 1. The topological polar surface area (TPSA) is 54.6 Å². The van der Waals surface area contributed by atoms with Gasteiger partial charge >= 0.3 is 0 Å². The highest BCUT2D eigenvalue weighted by molar-refractivity contribution is 9.10. The maximum atomic E-state index is 11.5. The highest BCUT2D eigenvalue weighted by Crippen LogP contribution is 2.11. The Kier molecular flexibility index (Phi) is 4.92. The van der Waals surface area contributed by atoms with Gasteiger partial charge in [0.2, 0.25) is 5.91 Å². The van der Waals surface area contributed by atoms with Crippen LogP contribution in [0.4, 0.5) is 0 Å². The lowest BCUT2D eigenvalue weighted by molar-refractivity contribution is -0.121. The fourth-order valence-corrected chi connectivity index (χ4v) is 1.84. The fourth-order valence-electron chi connectivity index (χ4n) is 1.52. The molecule has 0 fully saturated rings. The molecule has 1 N–H and O–H groups in total. The van der Waals surface area contributed by atoms with Crippen molar-refractivity contribution >= 4 is 28.1 Å². The normalized spacial score (nSPS) is 10.8. The molecular formula is C14H13BrN2O2. The van der Waals surface area contributed by atoms with E-state index in [-0.39, 0.29) is 5.91 Å². The molecule has 0 bridgehead atoms. The van der Waals surface area contributed by atoms with Gasteiger partial charge in [-0.1, -0.05) is 30.3 Å². The second-order valence-corrected chi connectivity index (χ2v) is 4.70. The number of carbonyl (C=O) groups excluding carboxylic acids is 1. The Morgan fingerprint density at radius 2 is 2.05 bits per heavy atom. The van der Waals surface area contributed by atoms with E-state index in [0.29, 0.717) is 23.3 Å². The zero-order chi connectivity index (χ0) is 13.5. The molecule has 98 valence electrons. The van der Waals surface area contributed by atoms with Crippen LogP contribution in [-0.4, -0.2) is 12.1 Å². The number of halogens is 1. The average Bonchev–Trinajstić information content (AvgIpc) is 2.83. The Labute approximate surface area is 119 Å². The van der Waals surface area contributed by atoms with Crippen molar-refractivity contribution in [3.05, 3.63) is 58.5 Å². The maximum Gasteiger partial charge on any atom is 0.240 e. The van der Waals surface area contributed by atoms with E-state index >= 15 is 0 Å². The second kappa shape index (κ2) is 6.89. The molecule has 19 heavy (non-hydrogen) atoms. The Hall–Kier alpha value is -1.88. The molecule has 5 heteroatoms. The highest BCUT2D eigenvalue weighted by Gasteiger charge is 2.00. The number of hydrazone groups is 1. The predicted molar refractivity (Wildman–Crippen MR) is 76.9 cm³/mol. The Morgan fingerprint density at radius 1 is 1.26 bits per heavy atom. The summed E-state index contributed by atoms with van der Waals surface area (Å²) in [5.41, 5.74) is 3.60. The summed E-state index contributed by atoms with van der Waals surface area (Å²) < 4.78 is 5.84. The van der Waals surface area contributed by atoms with Crippen LogP contribution in [0.1, 0.15) is 17.7 Å². The number of carbonyl (C=O) groups is 1. The van der Waals surface area contributed by atoms with Crippen LogP contribution in [0.3, 0.4) is 0 Å². The molecule has 0 atom stereocenters. The van der Waals surface area contributed by atoms with E-state index < -0.39 is 0 Å². The molecule has 2 aromatic rings. The molecule has 0 aliphatic heterocycles. The van der Waals surface area contributed by atoms with Crippen LogP contribution in [-0.2, 0) is 11.2 Å². The molecule has 1 amide bonds. The van der Waals surface area contributed by atoms with Gasteiger partial charge in [0.15, 0.2) is 4.67 Å². The van der Waals surface area contributed by atoms with Crippen molar-refractivity contribution in [2.75, 3.05) is 0 Å². The molecule has 0 radical (unpaired) electrons. The zero-order valence-electron chi connectivity index (χ0n) is 10.2. The molecular weight excluding hydrogens is 308 g/mol. The first-order valence-electron chi connectivity index (χ1n) is 5.85. The van der Waals surface area contributed by atoms with Crippen molar-refractivity contribution in [2.45, 2.75) is 12.8 Å². The van der Waals surface area contributed by atoms with Gasteiger partial charge in [0.25, 0.3) is 0 Å². The molecule has 0 spiro atoms. The standard InChI is InChI=1S/C14H13BrN2O2/c15-13-8-7-12(19-13)10-16-17-14(18)9-6-11-4-2-1-3-5-11/h1-5,7-8,10H,6,9H2,(H,17,18). The fraction of sp³-hybridized carbons (Fsp3) is 0.143.